The first-order chi connectivity index (χ1) is 5.87. The van der Waals surface area contributed by atoms with Crippen molar-refractivity contribution in [3.63, 3.8) is 0 Å². The number of hydrogen-bond acceptors (Lipinski definition) is 5. The molecule has 0 saturated carbocycles. The van der Waals surface area contributed by atoms with E-state index in [4.69, 9.17) is 0 Å². The SMILES string of the molecule is BC(B)(C(=O)OC)C(=O)C(=O)OC. The van der Waals surface area contributed by atoms with Gasteiger partial charge >= 0.3 is 11.9 Å². The topological polar surface area (TPSA) is 69.7 Å². The minimum atomic E-state index is -1.48. The Morgan fingerprint density at radius 1 is 1.08 bits per heavy atom. The van der Waals surface area contributed by atoms with Gasteiger partial charge in [-0.05, 0) is 0 Å². The van der Waals surface area contributed by atoms with Crippen LogP contribution in [0.15, 0.2) is 0 Å². The highest BCUT2D eigenvalue weighted by molar-refractivity contribution is 6.69. The van der Waals surface area contributed by atoms with Crippen molar-refractivity contribution in [2.24, 2.45) is 0 Å². The van der Waals surface area contributed by atoms with Gasteiger partial charge in [-0.1, -0.05) is 0 Å². The monoisotopic (exact) mass is 184 g/mol. The van der Waals surface area contributed by atoms with E-state index in [-0.39, 0.29) is 0 Å². The molecule has 0 amide bonds. The van der Waals surface area contributed by atoms with Crippen molar-refractivity contribution < 1.29 is 23.9 Å². The van der Waals surface area contributed by atoms with Crippen LogP contribution in [0.4, 0.5) is 0 Å². The minimum Gasteiger partial charge on any atom is -0.469 e. The van der Waals surface area contributed by atoms with Crippen LogP contribution < -0.4 is 0 Å². The molecule has 0 rings (SSSR count). The summed E-state index contributed by atoms with van der Waals surface area (Å²) in [6, 6.07) is 0. The summed E-state index contributed by atoms with van der Waals surface area (Å²) in [5, 5.41) is -1.48. The summed E-state index contributed by atoms with van der Waals surface area (Å²) in [5.41, 5.74) is 0. The normalized spacial score (nSPS) is 10.3. The van der Waals surface area contributed by atoms with Gasteiger partial charge in [0.05, 0.1) is 19.4 Å². The lowest BCUT2D eigenvalue weighted by Gasteiger charge is -2.17. The quantitative estimate of drug-likeness (QED) is 0.206. The van der Waals surface area contributed by atoms with Crippen molar-refractivity contribution in [2.75, 3.05) is 14.2 Å². The van der Waals surface area contributed by atoms with Crippen molar-refractivity contribution in [3.8, 4) is 0 Å². The van der Waals surface area contributed by atoms with Gasteiger partial charge in [0.25, 0.3) is 0 Å². The van der Waals surface area contributed by atoms with Crippen LogP contribution in [0, 0.1) is 0 Å². The summed E-state index contributed by atoms with van der Waals surface area (Å²) in [4.78, 5) is 33.1. The van der Waals surface area contributed by atoms with Crippen molar-refractivity contribution in [1.82, 2.24) is 0 Å². The molecule has 0 saturated heterocycles. The Hall–Kier alpha value is -1.26. The van der Waals surface area contributed by atoms with Gasteiger partial charge in [-0.2, -0.15) is 0 Å². The Labute approximate surface area is 77.6 Å². The molecule has 0 radical (unpaired) electrons. The Bertz CT molecular complexity index is 247. The molecule has 0 N–H and O–H groups in total. The molecule has 0 aromatic heterocycles. The molecule has 0 unspecified atom stereocenters. The Morgan fingerprint density at radius 3 is 1.85 bits per heavy atom. The van der Waals surface area contributed by atoms with Crippen LogP contribution in [0.5, 0.6) is 0 Å². The molecule has 0 aliphatic carbocycles. The Kier molecular flexibility index (Phi) is 3.71. The number of esters is 2. The molecule has 0 aliphatic heterocycles. The maximum absolute atomic E-state index is 11.2. The number of ether oxygens (including phenoxy) is 2. The number of ketones is 1. The lowest BCUT2D eigenvalue weighted by Crippen LogP contribution is -2.39. The van der Waals surface area contributed by atoms with Crippen LogP contribution in [0.25, 0.3) is 0 Å². The van der Waals surface area contributed by atoms with E-state index in [9.17, 15) is 14.4 Å². The molecule has 0 heterocycles. The standard InChI is InChI=1S/C6H10B2O5/c1-12-4(10)3(9)6(7,8)5(11)13-2/h7-8H2,1-2H3. The van der Waals surface area contributed by atoms with Crippen LogP contribution >= 0.6 is 0 Å². The maximum Gasteiger partial charge on any atom is 0.373 e. The number of methoxy groups -OCH3 is 2. The first-order valence-electron chi connectivity index (χ1n) is 3.59. The zero-order valence-corrected chi connectivity index (χ0v) is 8.04. The highest BCUT2D eigenvalue weighted by Gasteiger charge is 2.41. The fourth-order valence-corrected chi connectivity index (χ4v) is 0.696. The van der Waals surface area contributed by atoms with Gasteiger partial charge in [0.2, 0.25) is 5.78 Å². The van der Waals surface area contributed by atoms with Crippen LogP contribution in [0.2, 0.25) is 5.21 Å². The number of hydrogen-bond donors (Lipinski definition) is 0. The van der Waals surface area contributed by atoms with Gasteiger partial charge < -0.3 is 9.47 Å². The third-order valence-corrected chi connectivity index (χ3v) is 1.63. The van der Waals surface area contributed by atoms with Gasteiger partial charge in [-0.3, -0.25) is 9.59 Å². The second-order valence-electron chi connectivity index (χ2n) is 2.94. The first kappa shape index (κ1) is 11.7. The molecule has 0 aromatic rings. The van der Waals surface area contributed by atoms with E-state index in [1.54, 1.807) is 0 Å². The van der Waals surface area contributed by atoms with Gasteiger partial charge in [0.1, 0.15) is 15.7 Å². The lowest BCUT2D eigenvalue weighted by molar-refractivity contribution is -0.156. The van der Waals surface area contributed by atoms with Gasteiger partial charge in [-0.25, -0.2) is 4.79 Å². The zero-order valence-electron chi connectivity index (χ0n) is 8.04. The molecule has 70 valence electrons. The lowest BCUT2D eigenvalue weighted by atomic mass is 9.52. The van der Waals surface area contributed by atoms with Crippen LogP contribution in [-0.2, 0) is 23.9 Å². The van der Waals surface area contributed by atoms with E-state index in [1.807, 2.05) is 0 Å². The molecule has 0 atom stereocenters. The van der Waals surface area contributed by atoms with Gasteiger partial charge in [0, 0.05) is 0 Å². The Morgan fingerprint density at radius 2 is 1.54 bits per heavy atom. The molecule has 0 spiro atoms. The summed E-state index contributed by atoms with van der Waals surface area (Å²) in [7, 11) is 4.83. The highest BCUT2D eigenvalue weighted by Crippen LogP contribution is 2.19. The molecule has 5 nitrogen and oxygen atoms in total. The summed E-state index contributed by atoms with van der Waals surface area (Å²) < 4.78 is 8.56. The van der Waals surface area contributed by atoms with Gasteiger partial charge in [0.15, 0.2) is 0 Å². The number of carbonyl (C=O) groups excluding carboxylic acids is 3. The van der Waals surface area contributed by atoms with E-state index in [2.05, 4.69) is 9.47 Å². The maximum atomic E-state index is 11.2. The first-order valence-corrected chi connectivity index (χ1v) is 3.59. The number of rotatable bonds is 3. The summed E-state index contributed by atoms with van der Waals surface area (Å²) >= 11 is 0. The minimum absolute atomic E-state index is 0.761. The van der Waals surface area contributed by atoms with E-state index in [0.29, 0.717) is 0 Å². The third-order valence-electron chi connectivity index (χ3n) is 1.63. The van der Waals surface area contributed by atoms with E-state index >= 15 is 0 Å². The predicted octanol–water partition coefficient (Wildman–Crippen LogP) is -2.72. The number of Topliss-reactive ketones (excluding diaryl/α,β-unsaturated/α-hetero) is 1. The summed E-state index contributed by atoms with van der Waals surface area (Å²) in [5.74, 6) is -2.72. The van der Waals surface area contributed by atoms with Crippen LogP contribution in [0.1, 0.15) is 0 Å². The van der Waals surface area contributed by atoms with Crippen molar-refractivity contribution in [1.29, 1.82) is 0 Å². The molecule has 0 aliphatic rings. The third kappa shape index (κ3) is 2.34. The van der Waals surface area contributed by atoms with Crippen molar-refractivity contribution in [3.05, 3.63) is 0 Å². The van der Waals surface area contributed by atoms with Crippen molar-refractivity contribution >= 4 is 33.4 Å². The second kappa shape index (κ2) is 4.11. The number of carbonyl (C=O) groups is 3. The molecular weight excluding hydrogens is 174 g/mol. The summed E-state index contributed by atoms with van der Waals surface area (Å²) in [6.07, 6.45) is 0. The van der Waals surface area contributed by atoms with Gasteiger partial charge in [-0.15, -0.1) is 0 Å². The largest absolute Gasteiger partial charge is 0.469 e. The molecule has 7 heteroatoms. The van der Waals surface area contributed by atoms with Crippen LogP contribution in [0.3, 0.4) is 0 Å². The average Bonchev–Trinajstić information content (AvgIpc) is 2.13. The predicted molar refractivity (Wildman–Crippen MR) is 48.8 cm³/mol. The average molecular weight is 184 g/mol. The zero-order chi connectivity index (χ0) is 10.6. The molecule has 13 heavy (non-hydrogen) atoms. The second-order valence-corrected chi connectivity index (χ2v) is 2.94. The fourth-order valence-electron chi connectivity index (χ4n) is 0.696. The molecular formula is C6H10B2O5. The Balaban J connectivity index is 4.73. The van der Waals surface area contributed by atoms with E-state index in [0.717, 1.165) is 14.2 Å². The van der Waals surface area contributed by atoms with E-state index < -0.39 is 22.9 Å². The fraction of sp³-hybridized carbons (Fsp3) is 0.500. The van der Waals surface area contributed by atoms with Crippen LogP contribution in [-0.4, -0.2) is 47.6 Å². The highest BCUT2D eigenvalue weighted by atomic mass is 16.5. The molecule has 0 fully saturated rings. The molecule has 0 bridgehead atoms. The smallest absolute Gasteiger partial charge is 0.373 e. The van der Waals surface area contributed by atoms with E-state index in [1.165, 1.54) is 15.7 Å². The van der Waals surface area contributed by atoms with Crippen molar-refractivity contribution in [2.45, 2.75) is 5.21 Å². The molecule has 0 aromatic carbocycles. The summed E-state index contributed by atoms with van der Waals surface area (Å²) in [6.45, 7) is 0.